The lowest BCUT2D eigenvalue weighted by Gasteiger charge is -2.11. The molecule has 0 atom stereocenters. The van der Waals surface area contributed by atoms with Crippen LogP contribution < -0.4 is 10.1 Å². The maximum atomic E-state index is 13.8. The van der Waals surface area contributed by atoms with E-state index >= 15 is 0 Å². The van der Waals surface area contributed by atoms with Crippen molar-refractivity contribution in [2.75, 3.05) is 40.1 Å². The van der Waals surface area contributed by atoms with Gasteiger partial charge in [-0.2, -0.15) is 0 Å². The quantitative estimate of drug-likeness (QED) is 0.638. The zero-order valence-electron chi connectivity index (χ0n) is 12.6. The van der Waals surface area contributed by atoms with Gasteiger partial charge in [0.15, 0.2) is 17.4 Å². The standard InChI is InChI=1S/C15H23F2NO3/c1-3-18-11-12-9-13(16)15(14(17)10-12)21-8-7-20-6-4-5-19-2/h9-10,18H,3-8,11H2,1-2H3. The van der Waals surface area contributed by atoms with Crippen LogP contribution in [0.25, 0.3) is 0 Å². The molecule has 0 saturated heterocycles. The van der Waals surface area contributed by atoms with Crippen molar-refractivity contribution in [2.45, 2.75) is 19.9 Å². The summed E-state index contributed by atoms with van der Waals surface area (Å²) in [7, 11) is 1.62. The molecule has 0 bridgehead atoms. The van der Waals surface area contributed by atoms with Crippen molar-refractivity contribution < 1.29 is 23.0 Å². The first-order valence-corrected chi connectivity index (χ1v) is 7.07. The van der Waals surface area contributed by atoms with Gasteiger partial charge in [0, 0.05) is 26.9 Å². The molecule has 0 heterocycles. The molecule has 4 nitrogen and oxygen atoms in total. The minimum Gasteiger partial charge on any atom is -0.485 e. The number of hydrogen-bond acceptors (Lipinski definition) is 4. The smallest absolute Gasteiger partial charge is 0.190 e. The summed E-state index contributed by atoms with van der Waals surface area (Å²) in [4.78, 5) is 0. The van der Waals surface area contributed by atoms with E-state index in [1.54, 1.807) is 7.11 Å². The van der Waals surface area contributed by atoms with Gasteiger partial charge in [0.05, 0.1) is 6.61 Å². The van der Waals surface area contributed by atoms with Gasteiger partial charge < -0.3 is 19.5 Å². The normalized spacial score (nSPS) is 10.9. The molecule has 21 heavy (non-hydrogen) atoms. The van der Waals surface area contributed by atoms with E-state index in [0.29, 0.717) is 25.3 Å². The molecule has 0 unspecified atom stereocenters. The summed E-state index contributed by atoms with van der Waals surface area (Å²) in [5.74, 6) is -1.74. The second-order valence-corrected chi connectivity index (χ2v) is 4.48. The van der Waals surface area contributed by atoms with E-state index in [-0.39, 0.29) is 19.0 Å². The van der Waals surface area contributed by atoms with E-state index in [4.69, 9.17) is 14.2 Å². The summed E-state index contributed by atoms with van der Waals surface area (Å²) in [5, 5.41) is 3.01. The topological polar surface area (TPSA) is 39.7 Å². The maximum Gasteiger partial charge on any atom is 0.190 e. The molecule has 1 rings (SSSR count). The lowest BCUT2D eigenvalue weighted by atomic mass is 10.2. The molecule has 1 aromatic carbocycles. The van der Waals surface area contributed by atoms with Gasteiger partial charge in [-0.05, 0) is 30.7 Å². The number of rotatable bonds is 11. The zero-order valence-corrected chi connectivity index (χ0v) is 12.6. The first-order chi connectivity index (χ1) is 10.2. The Morgan fingerprint density at radius 3 is 2.38 bits per heavy atom. The minimum atomic E-state index is -0.692. The van der Waals surface area contributed by atoms with E-state index in [1.807, 2.05) is 6.92 Å². The largest absolute Gasteiger partial charge is 0.485 e. The highest BCUT2D eigenvalue weighted by Gasteiger charge is 2.12. The Morgan fingerprint density at radius 1 is 1.05 bits per heavy atom. The second kappa shape index (κ2) is 10.5. The van der Waals surface area contributed by atoms with Crippen LogP contribution >= 0.6 is 0 Å². The van der Waals surface area contributed by atoms with Crippen LogP contribution in [0.5, 0.6) is 5.75 Å². The lowest BCUT2D eigenvalue weighted by molar-refractivity contribution is 0.0786. The summed E-state index contributed by atoms with van der Waals surface area (Å²) >= 11 is 0. The van der Waals surface area contributed by atoms with Crippen molar-refractivity contribution in [3.63, 3.8) is 0 Å². The summed E-state index contributed by atoms with van der Waals surface area (Å²) < 4.78 is 42.8. The van der Waals surface area contributed by atoms with Crippen LogP contribution in [0.15, 0.2) is 12.1 Å². The molecule has 0 aliphatic carbocycles. The van der Waals surface area contributed by atoms with Crippen molar-refractivity contribution in [1.82, 2.24) is 5.32 Å². The third kappa shape index (κ3) is 6.84. The fourth-order valence-electron chi connectivity index (χ4n) is 1.73. The van der Waals surface area contributed by atoms with Gasteiger partial charge in [-0.3, -0.25) is 0 Å². The van der Waals surface area contributed by atoms with Crippen molar-refractivity contribution in [3.8, 4) is 5.75 Å². The molecule has 0 spiro atoms. The third-order valence-electron chi connectivity index (χ3n) is 2.75. The number of hydrogen-bond donors (Lipinski definition) is 1. The zero-order chi connectivity index (χ0) is 15.5. The highest BCUT2D eigenvalue weighted by molar-refractivity contribution is 5.31. The van der Waals surface area contributed by atoms with Crippen LogP contribution in [0.2, 0.25) is 0 Å². The Balaban J connectivity index is 2.37. The predicted molar refractivity (Wildman–Crippen MR) is 76.5 cm³/mol. The molecule has 0 radical (unpaired) electrons. The molecular weight excluding hydrogens is 280 g/mol. The van der Waals surface area contributed by atoms with Crippen LogP contribution in [0.3, 0.4) is 0 Å². The van der Waals surface area contributed by atoms with Crippen LogP contribution in [-0.4, -0.2) is 40.1 Å². The van der Waals surface area contributed by atoms with Crippen molar-refractivity contribution in [3.05, 3.63) is 29.3 Å². The Morgan fingerprint density at radius 2 is 1.76 bits per heavy atom. The van der Waals surface area contributed by atoms with E-state index in [9.17, 15) is 8.78 Å². The molecule has 1 N–H and O–H groups in total. The van der Waals surface area contributed by atoms with Gasteiger partial charge >= 0.3 is 0 Å². The number of benzene rings is 1. The van der Waals surface area contributed by atoms with E-state index in [0.717, 1.165) is 13.0 Å². The first-order valence-electron chi connectivity index (χ1n) is 7.07. The van der Waals surface area contributed by atoms with Crippen LogP contribution in [0.1, 0.15) is 18.9 Å². The van der Waals surface area contributed by atoms with Crippen molar-refractivity contribution >= 4 is 0 Å². The SMILES string of the molecule is CCNCc1cc(F)c(OCCOCCCOC)c(F)c1. The van der Waals surface area contributed by atoms with E-state index in [2.05, 4.69) is 5.32 Å². The van der Waals surface area contributed by atoms with Gasteiger partial charge in [-0.1, -0.05) is 6.92 Å². The summed E-state index contributed by atoms with van der Waals surface area (Å²) in [5.41, 5.74) is 0.551. The number of halogens is 2. The highest BCUT2D eigenvalue weighted by Crippen LogP contribution is 2.23. The lowest BCUT2D eigenvalue weighted by Crippen LogP contribution is -2.13. The Labute approximate surface area is 124 Å². The van der Waals surface area contributed by atoms with Gasteiger partial charge in [-0.15, -0.1) is 0 Å². The maximum absolute atomic E-state index is 13.8. The number of methoxy groups -OCH3 is 1. The molecule has 0 amide bonds. The predicted octanol–water partition coefficient (Wildman–Crippen LogP) is 2.51. The van der Waals surface area contributed by atoms with Crippen molar-refractivity contribution in [1.29, 1.82) is 0 Å². The van der Waals surface area contributed by atoms with Gasteiger partial charge in [-0.25, -0.2) is 8.78 Å². The number of ether oxygens (including phenoxy) is 3. The van der Waals surface area contributed by atoms with Gasteiger partial charge in [0.1, 0.15) is 6.61 Å². The van der Waals surface area contributed by atoms with E-state index < -0.39 is 11.6 Å². The third-order valence-corrected chi connectivity index (χ3v) is 2.75. The summed E-state index contributed by atoms with van der Waals surface area (Å²) in [6, 6.07) is 2.56. The molecule has 0 aromatic heterocycles. The monoisotopic (exact) mass is 303 g/mol. The molecule has 0 aliphatic rings. The summed E-state index contributed by atoms with van der Waals surface area (Å²) in [6.45, 7) is 4.63. The van der Waals surface area contributed by atoms with Crippen molar-refractivity contribution in [2.24, 2.45) is 0 Å². The number of nitrogens with one attached hydrogen (secondary N) is 1. The highest BCUT2D eigenvalue weighted by atomic mass is 19.1. The second-order valence-electron chi connectivity index (χ2n) is 4.48. The van der Waals surface area contributed by atoms with Crippen LogP contribution in [-0.2, 0) is 16.0 Å². The molecule has 6 heteroatoms. The molecule has 120 valence electrons. The average Bonchev–Trinajstić information content (AvgIpc) is 2.46. The van der Waals surface area contributed by atoms with Crippen LogP contribution in [0, 0.1) is 11.6 Å². The molecule has 0 fully saturated rings. The molecule has 0 saturated carbocycles. The minimum absolute atomic E-state index is 0.105. The Kier molecular flexibility index (Phi) is 8.89. The Bertz CT molecular complexity index is 393. The average molecular weight is 303 g/mol. The summed E-state index contributed by atoms with van der Waals surface area (Å²) in [6.07, 6.45) is 0.776. The first kappa shape index (κ1) is 17.8. The fraction of sp³-hybridized carbons (Fsp3) is 0.600. The Hall–Kier alpha value is -1.24. The molecule has 1 aromatic rings. The molecule has 0 aliphatic heterocycles. The van der Waals surface area contributed by atoms with E-state index in [1.165, 1.54) is 12.1 Å². The fourth-order valence-corrected chi connectivity index (χ4v) is 1.73. The molecular formula is C15H23F2NO3. The van der Waals surface area contributed by atoms with Gasteiger partial charge in [0.2, 0.25) is 0 Å². The van der Waals surface area contributed by atoms with Gasteiger partial charge in [0.25, 0.3) is 0 Å². The van der Waals surface area contributed by atoms with Crippen LogP contribution in [0.4, 0.5) is 8.78 Å².